The number of nitrogens with one attached hydrogen (secondary N) is 2. The standard InChI is InChI=1S/C18H27N3O4/c19-16(17(23)21-15-7-5-14(11-22)6-8-15)9-12-1-3-13(4-2-12)10-20-18(24)25/h5-8,12-13,16,20,22H,1-4,9-11,19H2,(H,21,23)(H,24,25)/t12-,13-,16?. The van der Waals surface area contributed by atoms with Crippen molar-refractivity contribution in [1.82, 2.24) is 5.32 Å². The average molecular weight is 349 g/mol. The number of anilines is 1. The Kier molecular flexibility index (Phi) is 7.21. The predicted molar refractivity (Wildman–Crippen MR) is 95.1 cm³/mol. The van der Waals surface area contributed by atoms with Gasteiger partial charge in [0.25, 0.3) is 0 Å². The van der Waals surface area contributed by atoms with Crippen LogP contribution in [0.3, 0.4) is 0 Å². The summed E-state index contributed by atoms with van der Waals surface area (Å²) in [6.45, 7) is 0.469. The summed E-state index contributed by atoms with van der Waals surface area (Å²) >= 11 is 0. The minimum absolute atomic E-state index is 0.0294. The van der Waals surface area contributed by atoms with Crippen LogP contribution in [-0.2, 0) is 11.4 Å². The molecule has 7 nitrogen and oxygen atoms in total. The smallest absolute Gasteiger partial charge is 0.404 e. The molecule has 0 radical (unpaired) electrons. The lowest BCUT2D eigenvalue weighted by atomic mass is 9.79. The van der Waals surface area contributed by atoms with Gasteiger partial charge in [0, 0.05) is 12.2 Å². The molecule has 1 aliphatic carbocycles. The van der Waals surface area contributed by atoms with Crippen molar-refractivity contribution in [3.05, 3.63) is 29.8 Å². The Balaban J connectivity index is 1.73. The van der Waals surface area contributed by atoms with Gasteiger partial charge in [-0.05, 0) is 48.8 Å². The second-order valence-corrected chi connectivity index (χ2v) is 6.76. The number of hydrogen-bond acceptors (Lipinski definition) is 4. The molecule has 0 bridgehead atoms. The molecule has 7 heteroatoms. The average Bonchev–Trinajstić information content (AvgIpc) is 2.61. The summed E-state index contributed by atoms with van der Waals surface area (Å²) in [6, 6.07) is 6.45. The molecule has 1 fully saturated rings. The van der Waals surface area contributed by atoms with Gasteiger partial charge in [0.05, 0.1) is 12.6 Å². The Labute approximate surface area is 147 Å². The monoisotopic (exact) mass is 349 g/mol. The molecule has 1 atom stereocenters. The third kappa shape index (κ3) is 6.36. The van der Waals surface area contributed by atoms with Gasteiger partial charge in [-0.2, -0.15) is 0 Å². The molecule has 0 spiro atoms. The molecule has 25 heavy (non-hydrogen) atoms. The molecule has 6 N–H and O–H groups in total. The highest BCUT2D eigenvalue weighted by Crippen LogP contribution is 2.31. The number of aliphatic hydroxyl groups excluding tert-OH is 1. The van der Waals surface area contributed by atoms with E-state index in [4.69, 9.17) is 15.9 Å². The van der Waals surface area contributed by atoms with Crippen LogP contribution in [0.1, 0.15) is 37.7 Å². The Morgan fingerprint density at radius 2 is 1.72 bits per heavy atom. The van der Waals surface area contributed by atoms with E-state index < -0.39 is 12.1 Å². The lowest BCUT2D eigenvalue weighted by Crippen LogP contribution is -2.38. The number of carboxylic acid groups (broad SMARTS) is 1. The van der Waals surface area contributed by atoms with E-state index in [0.29, 0.717) is 30.5 Å². The summed E-state index contributed by atoms with van der Waals surface area (Å²) in [6.07, 6.45) is 3.52. The molecule has 1 aromatic rings. The summed E-state index contributed by atoms with van der Waals surface area (Å²) in [5.74, 6) is 0.576. The maximum atomic E-state index is 12.2. The molecule has 1 aliphatic rings. The van der Waals surface area contributed by atoms with Gasteiger partial charge in [-0.3, -0.25) is 4.79 Å². The molecule has 1 aromatic carbocycles. The summed E-state index contributed by atoms with van der Waals surface area (Å²) < 4.78 is 0. The van der Waals surface area contributed by atoms with Gasteiger partial charge >= 0.3 is 6.09 Å². The predicted octanol–water partition coefficient (Wildman–Crippen LogP) is 1.91. The van der Waals surface area contributed by atoms with Gasteiger partial charge in [0.1, 0.15) is 0 Å². The largest absolute Gasteiger partial charge is 0.465 e. The Morgan fingerprint density at radius 1 is 1.12 bits per heavy atom. The van der Waals surface area contributed by atoms with E-state index in [2.05, 4.69) is 10.6 Å². The summed E-state index contributed by atoms with van der Waals surface area (Å²) in [4.78, 5) is 22.7. The van der Waals surface area contributed by atoms with E-state index in [-0.39, 0.29) is 12.5 Å². The van der Waals surface area contributed by atoms with Crippen molar-refractivity contribution < 1.29 is 19.8 Å². The summed E-state index contributed by atoms with van der Waals surface area (Å²) in [5.41, 5.74) is 7.50. The number of aliphatic hydroxyl groups is 1. The highest BCUT2D eigenvalue weighted by Gasteiger charge is 2.25. The minimum atomic E-state index is -0.979. The van der Waals surface area contributed by atoms with Crippen LogP contribution in [0.2, 0.25) is 0 Å². The first-order chi connectivity index (χ1) is 12.0. The second-order valence-electron chi connectivity index (χ2n) is 6.76. The van der Waals surface area contributed by atoms with Crippen LogP contribution < -0.4 is 16.4 Å². The normalized spacial score (nSPS) is 21.4. The molecule has 1 unspecified atom stereocenters. The van der Waals surface area contributed by atoms with Crippen molar-refractivity contribution in [2.45, 2.75) is 44.8 Å². The lowest BCUT2D eigenvalue weighted by molar-refractivity contribution is -0.117. The molecule has 0 aliphatic heterocycles. The van der Waals surface area contributed by atoms with E-state index in [9.17, 15) is 9.59 Å². The van der Waals surface area contributed by atoms with E-state index in [1.54, 1.807) is 24.3 Å². The fraction of sp³-hybridized carbons (Fsp3) is 0.556. The van der Waals surface area contributed by atoms with Crippen LogP contribution in [0.4, 0.5) is 10.5 Å². The van der Waals surface area contributed by atoms with Crippen molar-refractivity contribution in [1.29, 1.82) is 0 Å². The maximum Gasteiger partial charge on any atom is 0.404 e. The number of carbonyl (C=O) groups excluding carboxylic acids is 1. The van der Waals surface area contributed by atoms with E-state index >= 15 is 0 Å². The van der Waals surface area contributed by atoms with E-state index in [1.165, 1.54) is 0 Å². The van der Waals surface area contributed by atoms with Gasteiger partial charge in [0.15, 0.2) is 0 Å². The number of nitrogens with two attached hydrogens (primary N) is 1. The second kappa shape index (κ2) is 9.39. The Hall–Kier alpha value is -2.12. The molecule has 0 heterocycles. The first-order valence-corrected chi connectivity index (χ1v) is 8.71. The minimum Gasteiger partial charge on any atom is -0.465 e. The Bertz CT molecular complexity index is 568. The topological polar surface area (TPSA) is 125 Å². The molecular weight excluding hydrogens is 322 g/mol. The van der Waals surface area contributed by atoms with Crippen LogP contribution in [0.5, 0.6) is 0 Å². The van der Waals surface area contributed by atoms with Crippen LogP contribution in [0, 0.1) is 11.8 Å². The number of benzene rings is 1. The highest BCUT2D eigenvalue weighted by atomic mass is 16.4. The molecule has 2 rings (SSSR count). The number of amides is 2. The number of rotatable bonds is 7. The number of carbonyl (C=O) groups is 2. The van der Waals surface area contributed by atoms with Crippen molar-refractivity contribution >= 4 is 17.7 Å². The van der Waals surface area contributed by atoms with Crippen LogP contribution in [0.25, 0.3) is 0 Å². The van der Waals surface area contributed by atoms with Gasteiger partial charge < -0.3 is 26.6 Å². The Morgan fingerprint density at radius 3 is 2.28 bits per heavy atom. The quantitative estimate of drug-likeness (QED) is 0.514. The van der Waals surface area contributed by atoms with Crippen molar-refractivity contribution in [2.24, 2.45) is 17.6 Å². The maximum absolute atomic E-state index is 12.2. The summed E-state index contributed by atoms with van der Waals surface area (Å²) in [5, 5.41) is 22.9. The van der Waals surface area contributed by atoms with Crippen molar-refractivity contribution in [3.8, 4) is 0 Å². The SMILES string of the molecule is NC(C[C@H]1CC[C@H](CNC(=O)O)CC1)C(=O)Nc1ccc(CO)cc1. The number of hydrogen-bond donors (Lipinski definition) is 5. The van der Waals surface area contributed by atoms with E-state index in [0.717, 1.165) is 31.2 Å². The first-order valence-electron chi connectivity index (χ1n) is 8.71. The lowest BCUT2D eigenvalue weighted by Gasteiger charge is -2.29. The molecule has 138 valence electrons. The first kappa shape index (κ1) is 19.2. The molecule has 0 aromatic heterocycles. The van der Waals surface area contributed by atoms with Crippen LogP contribution in [-0.4, -0.2) is 34.8 Å². The zero-order valence-corrected chi connectivity index (χ0v) is 14.3. The molecular formula is C18H27N3O4. The zero-order chi connectivity index (χ0) is 18.2. The van der Waals surface area contributed by atoms with Crippen LogP contribution >= 0.6 is 0 Å². The van der Waals surface area contributed by atoms with Gasteiger partial charge in [-0.15, -0.1) is 0 Å². The zero-order valence-electron chi connectivity index (χ0n) is 14.3. The van der Waals surface area contributed by atoms with Crippen LogP contribution in [0.15, 0.2) is 24.3 Å². The van der Waals surface area contributed by atoms with Gasteiger partial charge in [-0.1, -0.05) is 25.0 Å². The highest BCUT2D eigenvalue weighted by molar-refractivity contribution is 5.94. The van der Waals surface area contributed by atoms with Gasteiger partial charge in [0.2, 0.25) is 5.91 Å². The fourth-order valence-electron chi connectivity index (χ4n) is 3.30. The molecule has 1 saturated carbocycles. The third-order valence-electron chi connectivity index (χ3n) is 4.84. The fourth-order valence-corrected chi connectivity index (χ4v) is 3.30. The van der Waals surface area contributed by atoms with Crippen molar-refractivity contribution in [2.75, 3.05) is 11.9 Å². The summed E-state index contributed by atoms with van der Waals surface area (Å²) in [7, 11) is 0. The third-order valence-corrected chi connectivity index (χ3v) is 4.84. The van der Waals surface area contributed by atoms with E-state index in [1.807, 2.05) is 0 Å². The van der Waals surface area contributed by atoms with Crippen molar-refractivity contribution in [3.63, 3.8) is 0 Å². The molecule has 0 saturated heterocycles. The molecule has 2 amide bonds. The van der Waals surface area contributed by atoms with Gasteiger partial charge in [-0.25, -0.2) is 4.79 Å².